The summed E-state index contributed by atoms with van der Waals surface area (Å²) in [5.74, 6) is 1.48. The number of nitrogens with zero attached hydrogens (tertiary/aromatic N) is 1. The largest absolute Gasteiger partial charge is 0.493 e. The third kappa shape index (κ3) is 2.53. The van der Waals surface area contributed by atoms with Crippen molar-refractivity contribution in [3.63, 3.8) is 0 Å². The van der Waals surface area contributed by atoms with E-state index >= 15 is 0 Å². The van der Waals surface area contributed by atoms with Crippen LogP contribution in [0.4, 0.5) is 0 Å². The van der Waals surface area contributed by atoms with Crippen LogP contribution in [-0.4, -0.2) is 31.0 Å². The molecule has 0 radical (unpaired) electrons. The second kappa shape index (κ2) is 6.53. The SMILES string of the molecule is COc1ccc(-c2ccc(CO)c(=O)n2C)c(OC)c1OC. The van der Waals surface area contributed by atoms with E-state index in [0.717, 1.165) is 0 Å². The molecule has 6 nitrogen and oxygen atoms in total. The van der Waals surface area contributed by atoms with E-state index in [0.29, 0.717) is 34.1 Å². The van der Waals surface area contributed by atoms with Gasteiger partial charge >= 0.3 is 0 Å². The van der Waals surface area contributed by atoms with E-state index in [1.54, 1.807) is 38.4 Å². The molecule has 2 rings (SSSR count). The Bertz CT molecular complexity index is 736. The highest BCUT2D eigenvalue weighted by Gasteiger charge is 2.19. The lowest BCUT2D eigenvalue weighted by Crippen LogP contribution is -2.22. The van der Waals surface area contributed by atoms with E-state index in [1.807, 2.05) is 0 Å². The molecule has 0 saturated carbocycles. The fourth-order valence-electron chi connectivity index (χ4n) is 2.38. The average Bonchev–Trinajstić information content (AvgIpc) is 2.55. The number of hydrogen-bond donors (Lipinski definition) is 1. The van der Waals surface area contributed by atoms with Gasteiger partial charge in [0.1, 0.15) is 0 Å². The maximum Gasteiger partial charge on any atom is 0.256 e. The van der Waals surface area contributed by atoms with Crippen molar-refractivity contribution in [3.8, 4) is 28.5 Å². The highest BCUT2D eigenvalue weighted by Crippen LogP contribution is 2.43. The topological polar surface area (TPSA) is 69.9 Å². The lowest BCUT2D eigenvalue weighted by atomic mass is 10.1. The van der Waals surface area contributed by atoms with Crippen LogP contribution in [-0.2, 0) is 13.7 Å². The lowest BCUT2D eigenvalue weighted by Gasteiger charge is -2.17. The van der Waals surface area contributed by atoms with E-state index in [4.69, 9.17) is 14.2 Å². The van der Waals surface area contributed by atoms with Gasteiger partial charge in [-0.15, -0.1) is 0 Å². The van der Waals surface area contributed by atoms with Gasteiger partial charge < -0.3 is 23.9 Å². The van der Waals surface area contributed by atoms with E-state index in [9.17, 15) is 9.90 Å². The summed E-state index contributed by atoms with van der Waals surface area (Å²) in [7, 11) is 6.24. The number of aliphatic hydroxyl groups excluding tert-OH is 1. The van der Waals surface area contributed by atoms with E-state index in [1.165, 1.54) is 18.8 Å². The van der Waals surface area contributed by atoms with E-state index < -0.39 is 0 Å². The number of ether oxygens (including phenoxy) is 3. The first-order chi connectivity index (χ1) is 10.6. The monoisotopic (exact) mass is 305 g/mol. The average molecular weight is 305 g/mol. The van der Waals surface area contributed by atoms with Crippen LogP contribution in [0.15, 0.2) is 29.1 Å². The molecule has 118 valence electrons. The minimum atomic E-state index is -0.296. The Kier molecular flexibility index (Phi) is 4.72. The van der Waals surface area contributed by atoms with Gasteiger partial charge in [-0.1, -0.05) is 0 Å². The van der Waals surface area contributed by atoms with Crippen LogP contribution in [0.1, 0.15) is 5.56 Å². The molecule has 1 N–H and O–H groups in total. The first kappa shape index (κ1) is 15.9. The van der Waals surface area contributed by atoms with Crippen LogP contribution in [0.3, 0.4) is 0 Å². The summed E-state index contributed by atoms with van der Waals surface area (Å²) in [4.78, 5) is 12.2. The summed E-state index contributed by atoms with van der Waals surface area (Å²) in [6, 6.07) is 6.92. The van der Waals surface area contributed by atoms with Crippen molar-refractivity contribution in [1.29, 1.82) is 0 Å². The number of aromatic nitrogens is 1. The standard InChI is InChI=1S/C16H19NO5/c1-17-12(7-5-10(9-18)16(17)19)11-6-8-13(20-2)15(22-4)14(11)21-3/h5-8,18H,9H2,1-4H3. The van der Waals surface area contributed by atoms with Crippen molar-refractivity contribution in [3.05, 3.63) is 40.2 Å². The highest BCUT2D eigenvalue weighted by molar-refractivity contribution is 5.74. The second-order valence-electron chi connectivity index (χ2n) is 4.65. The van der Waals surface area contributed by atoms with Gasteiger partial charge in [0, 0.05) is 18.2 Å². The summed E-state index contributed by atoms with van der Waals surface area (Å²) >= 11 is 0. The minimum absolute atomic E-state index is 0.253. The molecule has 1 aromatic carbocycles. The Labute approximate surface area is 128 Å². The molecule has 1 heterocycles. The zero-order valence-corrected chi connectivity index (χ0v) is 13.0. The lowest BCUT2D eigenvalue weighted by molar-refractivity contribution is 0.279. The second-order valence-corrected chi connectivity index (χ2v) is 4.65. The third-order valence-corrected chi connectivity index (χ3v) is 3.53. The molecule has 0 aliphatic carbocycles. The van der Waals surface area contributed by atoms with Crippen molar-refractivity contribution in [1.82, 2.24) is 4.57 Å². The molecule has 0 aliphatic rings. The quantitative estimate of drug-likeness (QED) is 0.908. The summed E-state index contributed by atoms with van der Waals surface area (Å²) in [6.45, 7) is -0.296. The number of methoxy groups -OCH3 is 3. The van der Waals surface area contributed by atoms with Gasteiger partial charge in [0.25, 0.3) is 5.56 Å². The number of hydrogen-bond acceptors (Lipinski definition) is 5. The smallest absolute Gasteiger partial charge is 0.256 e. The third-order valence-electron chi connectivity index (χ3n) is 3.53. The Morgan fingerprint density at radius 3 is 2.23 bits per heavy atom. The maximum absolute atomic E-state index is 12.2. The molecular formula is C16H19NO5. The van der Waals surface area contributed by atoms with Crippen LogP contribution < -0.4 is 19.8 Å². The number of rotatable bonds is 5. The minimum Gasteiger partial charge on any atom is -0.493 e. The number of aliphatic hydroxyl groups is 1. The first-order valence-electron chi connectivity index (χ1n) is 6.68. The predicted octanol–water partition coefficient (Wildman–Crippen LogP) is 1.57. The van der Waals surface area contributed by atoms with Crippen molar-refractivity contribution >= 4 is 0 Å². The van der Waals surface area contributed by atoms with Crippen molar-refractivity contribution < 1.29 is 19.3 Å². The van der Waals surface area contributed by atoms with Crippen LogP contribution in [0, 0.1) is 0 Å². The molecule has 0 bridgehead atoms. The van der Waals surface area contributed by atoms with Gasteiger partial charge in [-0.05, 0) is 24.3 Å². The van der Waals surface area contributed by atoms with Crippen LogP contribution in [0.2, 0.25) is 0 Å². The number of pyridine rings is 1. The first-order valence-corrected chi connectivity index (χ1v) is 6.68. The fraction of sp³-hybridized carbons (Fsp3) is 0.312. The van der Waals surface area contributed by atoms with Gasteiger partial charge in [0.15, 0.2) is 11.5 Å². The zero-order chi connectivity index (χ0) is 16.3. The molecule has 1 aromatic heterocycles. The number of benzene rings is 1. The summed E-state index contributed by atoms with van der Waals surface area (Å²) in [5.41, 5.74) is 1.44. The summed E-state index contributed by atoms with van der Waals surface area (Å²) < 4.78 is 17.5. The van der Waals surface area contributed by atoms with Crippen LogP contribution in [0.25, 0.3) is 11.3 Å². The Morgan fingerprint density at radius 1 is 1.00 bits per heavy atom. The molecule has 0 fully saturated rings. The van der Waals surface area contributed by atoms with Gasteiger partial charge in [-0.2, -0.15) is 0 Å². The maximum atomic E-state index is 12.2. The molecular weight excluding hydrogens is 286 g/mol. The van der Waals surface area contributed by atoms with Gasteiger partial charge in [0.05, 0.1) is 33.6 Å². The molecule has 0 saturated heterocycles. The normalized spacial score (nSPS) is 10.4. The molecule has 22 heavy (non-hydrogen) atoms. The molecule has 2 aromatic rings. The van der Waals surface area contributed by atoms with Crippen LogP contribution >= 0.6 is 0 Å². The summed E-state index contributed by atoms with van der Waals surface area (Å²) in [6.07, 6.45) is 0. The predicted molar refractivity (Wildman–Crippen MR) is 82.7 cm³/mol. The van der Waals surface area contributed by atoms with Gasteiger partial charge in [0.2, 0.25) is 5.75 Å². The fourth-order valence-corrected chi connectivity index (χ4v) is 2.38. The van der Waals surface area contributed by atoms with Gasteiger partial charge in [-0.3, -0.25) is 4.79 Å². The molecule has 6 heteroatoms. The highest BCUT2D eigenvalue weighted by atomic mass is 16.5. The van der Waals surface area contributed by atoms with E-state index in [-0.39, 0.29) is 12.2 Å². The molecule has 0 aliphatic heterocycles. The Hall–Kier alpha value is -2.47. The van der Waals surface area contributed by atoms with Crippen molar-refractivity contribution in [2.75, 3.05) is 21.3 Å². The zero-order valence-electron chi connectivity index (χ0n) is 13.0. The molecule has 0 spiro atoms. The Morgan fingerprint density at radius 2 is 1.68 bits per heavy atom. The molecule has 0 atom stereocenters. The van der Waals surface area contributed by atoms with Crippen molar-refractivity contribution in [2.45, 2.75) is 6.61 Å². The van der Waals surface area contributed by atoms with Crippen LogP contribution in [0.5, 0.6) is 17.2 Å². The van der Waals surface area contributed by atoms with E-state index in [2.05, 4.69) is 0 Å². The molecule has 0 amide bonds. The summed E-state index contributed by atoms with van der Waals surface area (Å²) in [5, 5.41) is 9.18. The molecule has 0 unspecified atom stereocenters. The Balaban J connectivity index is 2.73. The van der Waals surface area contributed by atoms with Crippen molar-refractivity contribution in [2.24, 2.45) is 7.05 Å². The van der Waals surface area contributed by atoms with Gasteiger partial charge in [-0.25, -0.2) is 0 Å².